The Hall–Kier alpha value is -0.340. The van der Waals surface area contributed by atoms with E-state index in [-0.39, 0.29) is 24.0 Å². The first-order chi connectivity index (χ1) is 10.4. The minimum atomic E-state index is 0. The predicted octanol–water partition coefficient (Wildman–Crippen LogP) is 2.46. The van der Waals surface area contributed by atoms with E-state index in [0.717, 1.165) is 64.6 Å². The van der Waals surface area contributed by atoms with E-state index in [4.69, 9.17) is 9.47 Å². The molecule has 1 aliphatic carbocycles. The molecular formula is C16H30IN3O2. The summed E-state index contributed by atoms with van der Waals surface area (Å²) in [4.78, 5) is 4.60. The summed E-state index contributed by atoms with van der Waals surface area (Å²) in [6.07, 6.45) is 10.2. The predicted molar refractivity (Wildman–Crippen MR) is 101 cm³/mol. The van der Waals surface area contributed by atoms with Crippen LogP contribution in [0.3, 0.4) is 0 Å². The second kappa shape index (κ2) is 12.1. The van der Waals surface area contributed by atoms with Gasteiger partial charge in [-0.1, -0.05) is 12.2 Å². The Balaban J connectivity index is 0.00000242. The Bertz CT molecular complexity index is 336. The van der Waals surface area contributed by atoms with Gasteiger partial charge >= 0.3 is 0 Å². The van der Waals surface area contributed by atoms with Crippen LogP contribution in [0.5, 0.6) is 0 Å². The first-order valence-electron chi connectivity index (χ1n) is 8.27. The molecule has 1 aliphatic heterocycles. The number of hydrogen-bond donors (Lipinski definition) is 2. The van der Waals surface area contributed by atoms with Crippen LogP contribution in [0.1, 0.15) is 39.0 Å². The standard InChI is InChI=1S/C16H29N3O2.HI/c1-2-17-16(19-14-7-3-4-8-14)18-10-6-11-20-13-15-9-5-12-21-15;/h3-4,14-15H,2,5-13H2,1H3,(H2,17,18,19);1H. The Kier molecular flexibility index (Phi) is 10.9. The molecule has 1 fully saturated rings. The molecule has 0 radical (unpaired) electrons. The maximum absolute atomic E-state index is 5.65. The summed E-state index contributed by atoms with van der Waals surface area (Å²) in [7, 11) is 0. The van der Waals surface area contributed by atoms with Crippen molar-refractivity contribution in [1.29, 1.82) is 0 Å². The molecule has 0 spiro atoms. The molecule has 1 atom stereocenters. The summed E-state index contributed by atoms with van der Waals surface area (Å²) in [5, 5.41) is 6.76. The van der Waals surface area contributed by atoms with Gasteiger partial charge in [0.1, 0.15) is 0 Å². The van der Waals surface area contributed by atoms with Gasteiger partial charge in [-0.15, -0.1) is 24.0 Å². The number of nitrogens with zero attached hydrogens (tertiary/aromatic N) is 1. The highest BCUT2D eigenvalue weighted by Gasteiger charge is 2.15. The average Bonchev–Trinajstić information content (AvgIpc) is 3.16. The maximum atomic E-state index is 5.65. The van der Waals surface area contributed by atoms with Crippen LogP contribution in [-0.4, -0.2) is 51.0 Å². The van der Waals surface area contributed by atoms with Gasteiger partial charge in [-0.25, -0.2) is 0 Å². The van der Waals surface area contributed by atoms with Crippen LogP contribution in [0.25, 0.3) is 0 Å². The van der Waals surface area contributed by atoms with Crippen LogP contribution >= 0.6 is 24.0 Å². The van der Waals surface area contributed by atoms with Crippen molar-refractivity contribution in [2.24, 2.45) is 4.99 Å². The normalized spacial score (nSPS) is 21.9. The number of ether oxygens (including phenoxy) is 2. The SMILES string of the molecule is CCNC(=NCCCOCC1CCCO1)NC1CC=CC1.I. The zero-order valence-electron chi connectivity index (χ0n) is 13.6. The van der Waals surface area contributed by atoms with Gasteiger partial charge in [-0.3, -0.25) is 4.99 Å². The fraction of sp³-hybridized carbons (Fsp3) is 0.812. The molecule has 0 aromatic heterocycles. The minimum Gasteiger partial charge on any atom is -0.379 e. The minimum absolute atomic E-state index is 0. The quantitative estimate of drug-likeness (QED) is 0.207. The van der Waals surface area contributed by atoms with E-state index in [0.29, 0.717) is 12.1 Å². The summed E-state index contributed by atoms with van der Waals surface area (Å²) in [6.45, 7) is 6.16. The third-order valence-corrected chi connectivity index (χ3v) is 3.74. The van der Waals surface area contributed by atoms with Crippen LogP contribution in [0.15, 0.2) is 17.1 Å². The van der Waals surface area contributed by atoms with E-state index in [1.807, 2.05) is 0 Å². The second-order valence-corrected chi connectivity index (χ2v) is 5.61. The van der Waals surface area contributed by atoms with Crippen molar-refractivity contribution >= 4 is 29.9 Å². The van der Waals surface area contributed by atoms with Gasteiger partial charge in [0.15, 0.2) is 5.96 Å². The lowest BCUT2D eigenvalue weighted by Gasteiger charge is -2.16. The summed E-state index contributed by atoms with van der Waals surface area (Å²) in [6, 6.07) is 0.499. The zero-order chi connectivity index (χ0) is 14.8. The largest absolute Gasteiger partial charge is 0.379 e. The third-order valence-electron chi connectivity index (χ3n) is 3.74. The highest BCUT2D eigenvalue weighted by Crippen LogP contribution is 2.12. The van der Waals surface area contributed by atoms with Gasteiger partial charge in [-0.2, -0.15) is 0 Å². The molecule has 1 heterocycles. The van der Waals surface area contributed by atoms with Crippen molar-refractivity contribution < 1.29 is 9.47 Å². The van der Waals surface area contributed by atoms with Crippen molar-refractivity contribution in [2.45, 2.75) is 51.2 Å². The van der Waals surface area contributed by atoms with Crippen LogP contribution in [-0.2, 0) is 9.47 Å². The van der Waals surface area contributed by atoms with Gasteiger partial charge in [0.2, 0.25) is 0 Å². The summed E-state index contributed by atoms with van der Waals surface area (Å²) >= 11 is 0. The fourth-order valence-corrected chi connectivity index (χ4v) is 2.60. The second-order valence-electron chi connectivity index (χ2n) is 5.61. The Morgan fingerprint density at radius 1 is 1.36 bits per heavy atom. The fourth-order valence-electron chi connectivity index (χ4n) is 2.60. The smallest absolute Gasteiger partial charge is 0.191 e. The van der Waals surface area contributed by atoms with Gasteiger partial charge in [0.05, 0.1) is 12.7 Å². The monoisotopic (exact) mass is 423 g/mol. The number of hydrogen-bond acceptors (Lipinski definition) is 3. The van der Waals surface area contributed by atoms with Gasteiger partial charge < -0.3 is 20.1 Å². The molecule has 6 heteroatoms. The number of nitrogens with one attached hydrogen (secondary N) is 2. The number of rotatable bonds is 8. The van der Waals surface area contributed by atoms with Gasteiger partial charge in [0, 0.05) is 32.3 Å². The first-order valence-corrected chi connectivity index (χ1v) is 8.27. The van der Waals surface area contributed by atoms with E-state index in [2.05, 4.69) is 34.7 Å². The molecule has 0 aromatic rings. The number of aliphatic imine (C=N–C) groups is 1. The molecule has 2 N–H and O–H groups in total. The molecule has 2 aliphatic rings. The van der Waals surface area contributed by atoms with Crippen molar-refractivity contribution in [1.82, 2.24) is 10.6 Å². The lowest BCUT2D eigenvalue weighted by molar-refractivity contribution is 0.0171. The Morgan fingerprint density at radius 3 is 2.86 bits per heavy atom. The third kappa shape index (κ3) is 7.78. The topological polar surface area (TPSA) is 54.9 Å². The van der Waals surface area contributed by atoms with E-state index in [9.17, 15) is 0 Å². The molecule has 0 saturated carbocycles. The lowest BCUT2D eigenvalue weighted by Crippen LogP contribution is -2.42. The van der Waals surface area contributed by atoms with E-state index < -0.39 is 0 Å². The molecule has 22 heavy (non-hydrogen) atoms. The van der Waals surface area contributed by atoms with Crippen LogP contribution < -0.4 is 10.6 Å². The Labute approximate surface area is 151 Å². The molecule has 1 saturated heterocycles. The van der Waals surface area contributed by atoms with Crippen molar-refractivity contribution in [3.05, 3.63) is 12.2 Å². The molecule has 0 aromatic carbocycles. The molecule has 128 valence electrons. The van der Waals surface area contributed by atoms with Gasteiger partial charge in [0.25, 0.3) is 0 Å². The summed E-state index contributed by atoms with van der Waals surface area (Å²) < 4.78 is 11.2. The molecular weight excluding hydrogens is 393 g/mol. The number of halogens is 1. The molecule has 1 unspecified atom stereocenters. The van der Waals surface area contributed by atoms with E-state index >= 15 is 0 Å². The average molecular weight is 423 g/mol. The molecule has 5 nitrogen and oxygen atoms in total. The van der Waals surface area contributed by atoms with Gasteiger partial charge in [-0.05, 0) is 39.0 Å². The first kappa shape index (κ1) is 19.7. The van der Waals surface area contributed by atoms with Crippen LogP contribution in [0, 0.1) is 0 Å². The lowest BCUT2D eigenvalue weighted by atomic mass is 10.2. The van der Waals surface area contributed by atoms with Crippen LogP contribution in [0.2, 0.25) is 0 Å². The number of guanidine groups is 1. The van der Waals surface area contributed by atoms with Crippen molar-refractivity contribution in [2.75, 3.05) is 32.9 Å². The van der Waals surface area contributed by atoms with Crippen molar-refractivity contribution in [3.8, 4) is 0 Å². The highest BCUT2D eigenvalue weighted by atomic mass is 127. The maximum Gasteiger partial charge on any atom is 0.191 e. The van der Waals surface area contributed by atoms with E-state index in [1.165, 1.54) is 6.42 Å². The van der Waals surface area contributed by atoms with Crippen LogP contribution in [0.4, 0.5) is 0 Å². The summed E-state index contributed by atoms with van der Waals surface area (Å²) in [5.41, 5.74) is 0. The Morgan fingerprint density at radius 2 is 2.18 bits per heavy atom. The highest BCUT2D eigenvalue weighted by molar-refractivity contribution is 14.0. The van der Waals surface area contributed by atoms with Crippen molar-refractivity contribution in [3.63, 3.8) is 0 Å². The molecule has 0 bridgehead atoms. The summed E-state index contributed by atoms with van der Waals surface area (Å²) in [5.74, 6) is 0.922. The molecule has 0 amide bonds. The molecule has 2 rings (SSSR count). The zero-order valence-corrected chi connectivity index (χ0v) is 15.9. The van der Waals surface area contributed by atoms with E-state index in [1.54, 1.807) is 0 Å².